The van der Waals surface area contributed by atoms with Gasteiger partial charge in [0.15, 0.2) is 0 Å². The summed E-state index contributed by atoms with van der Waals surface area (Å²) in [5.74, 6) is -2.13. The first-order chi connectivity index (χ1) is 11.0. The molecule has 0 bridgehead atoms. The van der Waals surface area contributed by atoms with Crippen molar-refractivity contribution in [2.24, 2.45) is 5.92 Å². The third-order valence-electron chi connectivity index (χ3n) is 4.17. The maximum Gasteiger partial charge on any atom is 0.306 e. The first-order valence-corrected chi connectivity index (χ1v) is 7.30. The summed E-state index contributed by atoms with van der Waals surface area (Å²) in [6, 6.07) is 5.06. The lowest BCUT2D eigenvalue weighted by molar-refractivity contribution is -0.143. The predicted molar refractivity (Wildman–Crippen MR) is 80.8 cm³/mol. The molecule has 1 aromatic heterocycles. The molecule has 1 aromatic carbocycles. The number of aromatic amines is 1. The normalized spacial score (nSPS) is 15.8. The number of pyridine rings is 1. The summed E-state index contributed by atoms with van der Waals surface area (Å²) >= 11 is 0. The van der Waals surface area contributed by atoms with Gasteiger partial charge in [0.2, 0.25) is 5.56 Å². The SMILES string of the molecule is O=C(O)C1CCN(C(=O)c2cc(=O)[nH]c3cc(F)ccc23)CC1. The molecule has 23 heavy (non-hydrogen) atoms. The minimum Gasteiger partial charge on any atom is -0.481 e. The van der Waals surface area contributed by atoms with Crippen molar-refractivity contribution in [3.05, 3.63) is 46.0 Å². The number of nitrogens with zero attached hydrogens (tertiary/aromatic N) is 1. The Hall–Kier alpha value is -2.70. The number of carboxylic acid groups (broad SMARTS) is 1. The Morgan fingerprint density at radius 2 is 1.91 bits per heavy atom. The quantitative estimate of drug-likeness (QED) is 0.880. The number of nitrogens with one attached hydrogen (secondary N) is 1. The van der Waals surface area contributed by atoms with Crippen molar-refractivity contribution in [3.8, 4) is 0 Å². The monoisotopic (exact) mass is 318 g/mol. The lowest BCUT2D eigenvalue weighted by atomic mass is 9.96. The van der Waals surface area contributed by atoms with Gasteiger partial charge >= 0.3 is 5.97 Å². The summed E-state index contributed by atoms with van der Waals surface area (Å²) in [5.41, 5.74) is -0.00864. The number of rotatable bonds is 2. The lowest BCUT2D eigenvalue weighted by Gasteiger charge is -2.30. The molecule has 0 unspecified atom stereocenters. The average Bonchev–Trinajstić information content (AvgIpc) is 2.53. The number of aromatic nitrogens is 1. The second-order valence-electron chi connectivity index (χ2n) is 5.64. The van der Waals surface area contributed by atoms with Gasteiger partial charge in [0.1, 0.15) is 5.82 Å². The van der Waals surface area contributed by atoms with Crippen LogP contribution in [0.4, 0.5) is 4.39 Å². The van der Waals surface area contributed by atoms with E-state index >= 15 is 0 Å². The van der Waals surface area contributed by atoms with E-state index in [9.17, 15) is 18.8 Å². The largest absolute Gasteiger partial charge is 0.481 e. The van der Waals surface area contributed by atoms with Crippen LogP contribution in [0.3, 0.4) is 0 Å². The highest BCUT2D eigenvalue weighted by atomic mass is 19.1. The lowest BCUT2D eigenvalue weighted by Crippen LogP contribution is -2.40. The van der Waals surface area contributed by atoms with Crippen molar-refractivity contribution in [2.75, 3.05) is 13.1 Å². The number of likely N-dealkylation sites (tertiary alicyclic amines) is 1. The molecule has 1 aliphatic heterocycles. The van der Waals surface area contributed by atoms with Crippen molar-refractivity contribution in [1.82, 2.24) is 9.88 Å². The Morgan fingerprint density at radius 1 is 1.22 bits per heavy atom. The number of hydrogen-bond donors (Lipinski definition) is 2. The maximum atomic E-state index is 13.3. The molecule has 0 saturated carbocycles. The number of benzene rings is 1. The van der Waals surface area contributed by atoms with E-state index in [0.29, 0.717) is 31.3 Å². The molecule has 7 heteroatoms. The number of aliphatic carboxylic acids is 1. The Bertz CT molecular complexity index is 838. The summed E-state index contributed by atoms with van der Waals surface area (Å²) in [6.45, 7) is 0.649. The summed E-state index contributed by atoms with van der Waals surface area (Å²) in [4.78, 5) is 39.4. The zero-order chi connectivity index (χ0) is 16.6. The molecular weight excluding hydrogens is 303 g/mol. The molecule has 1 saturated heterocycles. The topological polar surface area (TPSA) is 90.5 Å². The molecule has 2 aromatic rings. The third-order valence-corrected chi connectivity index (χ3v) is 4.17. The first kappa shape index (κ1) is 15.2. The van der Waals surface area contributed by atoms with Crippen LogP contribution in [0.25, 0.3) is 10.9 Å². The summed E-state index contributed by atoms with van der Waals surface area (Å²) in [6.07, 6.45) is 0.771. The van der Waals surface area contributed by atoms with E-state index in [1.54, 1.807) is 0 Å². The first-order valence-electron chi connectivity index (χ1n) is 7.30. The van der Waals surface area contributed by atoms with Gasteiger partial charge in [-0.2, -0.15) is 0 Å². The van der Waals surface area contributed by atoms with Crippen LogP contribution in [0.5, 0.6) is 0 Å². The summed E-state index contributed by atoms with van der Waals surface area (Å²) < 4.78 is 13.3. The maximum absolute atomic E-state index is 13.3. The fourth-order valence-corrected chi connectivity index (χ4v) is 2.91. The highest BCUT2D eigenvalue weighted by molar-refractivity contribution is 6.06. The second kappa shape index (κ2) is 5.83. The van der Waals surface area contributed by atoms with Crippen LogP contribution in [0.1, 0.15) is 23.2 Å². The number of hydrogen-bond acceptors (Lipinski definition) is 3. The van der Waals surface area contributed by atoms with E-state index in [1.807, 2.05) is 0 Å². The number of amides is 1. The van der Waals surface area contributed by atoms with Crippen molar-refractivity contribution in [3.63, 3.8) is 0 Å². The zero-order valence-electron chi connectivity index (χ0n) is 12.2. The molecule has 120 valence electrons. The van der Waals surface area contributed by atoms with E-state index in [-0.39, 0.29) is 17.0 Å². The van der Waals surface area contributed by atoms with Crippen LogP contribution in [-0.4, -0.2) is 40.0 Å². The number of halogens is 1. The van der Waals surface area contributed by atoms with Gasteiger partial charge in [-0.3, -0.25) is 14.4 Å². The minimum absolute atomic E-state index is 0.206. The number of H-pyrrole nitrogens is 1. The molecule has 1 amide bonds. The Labute approximate surface area is 130 Å². The predicted octanol–water partition coefficient (Wildman–Crippen LogP) is 1.60. The van der Waals surface area contributed by atoms with Crippen LogP contribution in [-0.2, 0) is 4.79 Å². The molecule has 1 fully saturated rings. The molecule has 6 nitrogen and oxygen atoms in total. The third kappa shape index (κ3) is 2.94. The second-order valence-corrected chi connectivity index (χ2v) is 5.64. The molecular formula is C16H15FN2O4. The van der Waals surface area contributed by atoms with Crippen molar-refractivity contribution in [2.45, 2.75) is 12.8 Å². The van der Waals surface area contributed by atoms with Gasteiger partial charge in [-0.25, -0.2) is 4.39 Å². The molecule has 1 aliphatic rings. The molecule has 2 N–H and O–H groups in total. The van der Waals surface area contributed by atoms with E-state index in [0.717, 1.165) is 0 Å². The average molecular weight is 318 g/mol. The molecule has 0 radical (unpaired) electrons. The smallest absolute Gasteiger partial charge is 0.306 e. The standard InChI is InChI=1S/C16H15FN2O4/c17-10-1-2-11-12(8-14(20)18-13(11)7-10)15(21)19-5-3-9(4-6-19)16(22)23/h1-2,7-9H,3-6H2,(H,18,20)(H,22,23). The van der Waals surface area contributed by atoms with Gasteiger partial charge in [0, 0.05) is 24.5 Å². The molecule has 0 aliphatic carbocycles. The van der Waals surface area contributed by atoms with E-state index in [4.69, 9.17) is 5.11 Å². The summed E-state index contributed by atoms with van der Waals surface area (Å²) in [5, 5.41) is 9.47. The Morgan fingerprint density at radius 3 is 2.57 bits per heavy atom. The summed E-state index contributed by atoms with van der Waals surface area (Å²) in [7, 11) is 0. The van der Waals surface area contributed by atoms with Crippen LogP contribution >= 0.6 is 0 Å². The van der Waals surface area contributed by atoms with Crippen molar-refractivity contribution < 1.29 is 19.1 Å². The number of carbonyl (C=O) groups excluding carboxylic acids is 1. The van der Waals surface area contributed by atoms with Crippen LogP contribution in [0.15, 0.2) is 29.1 Å². The van der Waals surface area contributed by atoms with Crippen LogP contribution < -0.4 is 5.56 Å². The molecule has 0 atom stereocenters. The highest BCUT2D eigenvalue weighted by Crippen LogP contribution is 2.22. The number of fused-ring (bicyclic) bond motifs is 1. The zero-order valence-corrected chi connectivity index (χ0v) is 12.2. The van der Waals surface area contributed by atoms with Gasteiger partial charge in [0.05, 0.1) is 17.0 Å². The number of piperidine rings is 1. The van der Waals surface area contributed by atoms with Gasteiger partial charge in [0.25, 0.3) is 5.91 Å². The fraction of sp³-hybridized carbons (Fsp3) is 0.312. The number of carboxylic acids is 1. The van der Waals surface area contributed by atoms with Gasteiger partial charge in [-0.05, 0) is 31.0 Å². The van der Waals surface area contributed by atoms with E-state index in [1.165, 1.54) is 29.2 Å². The van der Waals surface area contributed by atoms with Crippen LogP contribution in [0.2, 0.25) is 0 Å². The molecule has 2 heterocycles. The Balaban J connectivity index is 1.93. The fourth-order valence-electron chi connectivity index (χ4n) is 2.91. The molecule has 0 spiro atoms. The van der Waals surface area contributed by atoms with Crippen molar-refractivity contribution in [1.29, 1.82) is 0 Å². The van der Waals surface area contributed by atoms with Crippen molar-refractivity contribution >= 4 is 22.8 Å². The molecule has 3 rings (SSSR count). The highest BCUT2D eigenvalue weighted by Gasteiger charge is 2.28. The van der Waals surface area contributed by atoms with Gasteiger partial charge in [-0.1, -0.05) is 0 Å². The van der Waals surface area contributed by atoms with Gasteiger partial charge < -0.3 is 15.0 Å². The number of carbonyl (C=O) groups is 2. The van der Waals surface area contributed by atoms with Gasteiger partial charge in [-0.15, -0.1) is 0 Å². The van der Waals surface area contributed by atoms with E-state index in [2.05, 4.69) is 4.98 Å². The minimum atomic E-state index is -0.853. The van der Waals surface area contributed by atoms with Crippen LogP contribution in [0, 0.1) is 11.7 Å². The van der Waals surface area contributed by atoms with E-state index < -0.39 is 23.3 Å². The Kier molecular flexibility index (Phi) is 3.85.